The number of anilines is 1. The van der Waals surface area contributed by atoms with Crippen LogP contribution >= 0.6 is 0 Å². The molecule has 0 unspecified atom stereocenters. The van der Waals surface area contributed by atoms with E-state index in [-0.39, 0.29) is 21.7 Å². The molecule has 5 rings (SSSR count). The largest absolute Gasteiger partial charge is 0.376 e. The number of aromatic nitrogens is 4. The molecule has 1 atom stereocenters. The summed E-state index contributed by atoms with van der Waals surface area (Å²) in [5.41, 5.74) is 2.00. The van der Waals surface area contributed by atoms with Crippen molar-refractivity contribution < 1.29 is 13.2 Å². The van der Waals surface area contributed by atoms with E-state index in [0.29, 0.717) is 12.4 Å². The van der Waals surface area contributed by atoms with Gasteiger partial charge in [0.1, 0.15) is 5.82 Å². The molecule has 1 fully saturated rings. The number of rotatable bonds is 6. The van der Waals surface area contributed by atoms with Crippen LogP contribution in [-0.4, -0.2) is 47.5 Å². The third-order valence-electron chi connectivity index (χ3n) is 5.64. The summed E-state index contributed by atoms with van der Waals surface area (Å²) in [6.45, 7) is 3.40. The van der Waals surface area contributed by atoms with Crippen LogP contribution in [0.25, 0.3) is 16.6 Å². The first kappa shape index (κ1) is 19.9. The highest BCUT2D eigenvalue weighted by molar-refractivity contribution is 7.91. The molecule has 0 saturated carbocycles. The molecule has 1 aliphatic heterocycles. The molecule has 9 heteroatoms. The fraction of sp³-hybridized carbons (Fsp3) is 0.318. The minimum Gasteiger partial charge on any atom is -0.376 e. The number of ether oxygens (including phenoxy) is 1. The molecule has 160 valence electrons. The van der Waals surface area contributed by atoms with Gasteiger partial charge in [-0.1, -0.05) is 36.4 Å². The zero-order chi connectivity index (χ0) is 21.4. The fourth-order valence-corrected chi connectivity index (χ4v) is 5.12. The molecule has 1 N–H and O–H groups in total. The Balaban J connectivity index is 1.62. The second-order valence-electron chi connectivity index (χ2n) is 7.62. The van der Waals surface area contributed by atoms with Crippen LogP contribution in [0.4, 0.5) is 5.82 Å². The lowest BCUT2D eigenvalue weighted by molar-refractivity contribution is 0.120. The summed E-state index contributed by atoms with van der Waals surface area (Å²) < 4.78 is 33.8. The van der Waals surface area contributed by atoms with E-state index in [2.05, 4.69) is 20.6 Å². The van der Waals surface area contributed by atoms with Gasteiger partial charge >= 0.3 is 0 Å². The number of nitrogens with one attached hydrogen (secondary N) is 1. The van der Waals surface area contributed by atoms with Crippen LogP contribution in [0.2, 0.25) is 0 Å². The van der Waals surface area contributed by atoms with Crippen LogP contribution in [0.1, 0.15) is 25.3 Å². The Kier molecular flexibility index (Phi) is 5.07. The third-order valence-corrected chi connectivity index (χ3v) is 7.31. The maximum atomic E-state index is 13.3. The first-order chi connectivity index (χ1) is 15.1. The Hall–Kier alpha value is -3.04. The lowest BCUT2D eigenvalue weighted by atomic mass is 10.2. The molecule has 3 heterocycles. The Morgan fingerprint density at radius 3 is 2.71 bits per heavy atom. The van der Waals surface area contributed by atoms with E-state index in [4.69, 9.17) is 4.74 Å². The van der Waals surface area contributed by atoms with E-state index in [1.165, 1.54) is 4.52 Å². The van der Waals surface area contributed by atoms with Crippen molar-refractivity contribution in [3.05, 3.63) is 54.1 Å². The molecular weight excluding hydrogens is 414 g/mol. The molecule has 1 aliphatic rings. The van der Waals surface area contributed by atoms with Gasteiger partial charge in [0.2, 0.25) is 14.9 Å². The number of hydrogen-bond acceptors (Lipinski definition) is 7. The van der Waals surface area contributed by atoms with Gasteiger partial charge < -0.3 is 10.1 Å². The molecule has 0 aliphatic carbocycles. The minimum atomic E-state index is -3.87. The van der Waals surface area contributed by atoms with Gasteiger partial charge in [-0.05, 0) is 49.1 Å². The summed E-state index contributed by atoms with van der Waals surface area (Å²) in [6, 6.07) is 14.4. The SMILES string of the molecule is CCc1ccc(S(=O)(=O)c2nnn3c2nc(NC[C@@H]2CCCO2)c2ccccc23)cc1. The highest BCUT2D eigenvalue weighted by Crippen LogP contribution is 2.28. The Morgan fingerprint density at radius 1 is 1.16 bits per heavy atom. The molecule has 2 aromatic heterocycles. The zero-order valence-electron chi connectivity index (χ0n) is 17.2. The molecule has 0 radical (unpaired) electrons. The lowest BCUT2D eigenvalue weighted by Gasteiger charge is -2.13. The third kappa shape index (κ3) is 3.53. The number of benzene rings is 2. The van der Waals surface area contributed by atoms with E-state index in [1.54, 1.807) is 12.1 Å². The van der Waals surface area contributed by atoms with Crippen LogP contribution in [0.3, 0.4) is 0 Å². The van der Waals surface area contributed by atoms with E-state index in [1.807, 2.05) is 43.3 Å². The van der Waals surface area contributed by atoms with Crippen LogP contribution in [0.5, 0.6) is 0 Å². The Labute approximate surface area is 180 Å². The average molecular weight is 438 g/mol. The van der Waals surface area contributed by atoms with E-state index in [9.17, 15) is 8.42 Å². The van der Waals surface area contributed by atoms with Crippen molar-refractivity contribution in [2.24, 2.45) is 0 Å². The number of sulfone groups is 1. The molecule has 31 heavy (non-hydrogen) atoms. The van der Waals surface area contributed by atoms with Gasteiger partial charge in [0.15, 0.2) is 5.65 Å². The van der Waals surface area contributed by atoms with Gasteiger partial charge in [0, 0.05) is 18.5 Å². The monoisotopic (exact) mass is 437 g/mol. The quantitative estimate of drug-likeness (QED) is 0.494. The maximum absolute atomic E-state index is 13.3. The van der Waals surface area contributed by atoms with Gasteiger partial charge in [0.05, 0.1) is 16.5 Å². The second kappa shape index (κ2) is 7.90. The Bertz CT molecular complexity index is 1340. The van der Waals surface area contributed by atoms with Gasteiger partial charge in [-0.25, -0.2) is 13.4 Å². The molecule has 1 saturated heterocycles. The van der Waals surface area contributed by atoms with Crippen molar-refractivity contribution in [2.75, 3.05) is 18.5 Å². The average Bonchev–Trinajstić information content (AvgIpc) is 3.47. The number of para-hydroxylation sites is 1. The molecule has 4 aromatic rings. The first-order valence-corrected chi connectivity index (χ1v) is 11.9. The Morgan fingerprint density at radius 2 is 1.97 bits per heavy atom. The molecular formula is C22H23N5O3S. The number of aryl methyl sites for hydroxylation is 1. The molecule has 8 nitrogen and oxygen atoms in total. The first-order valence-electron chi connectivity index (χ1n) is 10.4. The van der Waals surface area contributed by atoms with E-state index in [0.717, 1.165) is 42.3 Å². The van der Waals surface area contributed by atoms with Crippen molar-refractivity contribution in [1.29, 1.82) is 0 Å². The molecule has 2 aromatic carbocycles. The van der Waals surface area contributed by atoms with Gasteiger partial charge in [-0.2, -0.15) is 4.52 Å². The number of nitrogens with zero attached hydrogens (tertiary/aromatic N) is 4. The number of hydrogen-bond donors (Lipinski definition) is 1. The molecule has 0 spiro atoms. The summed E-state index contributed by atoms with van der Waals surface area (Å²) in [6.07, 6.45) is 3.00. The molecule has 0 bridgehead atoms. The predicted octanol–water partition coefficient (Wildman–Crippen LogP) is 3.26. The summed E-state index contributed by atoms with van der Waals surface area (Å²) in [4.78, 5) is 4.82. The summed E-state index contributed by atoms with van der Waals surface area (Å²) >= 11 is 0. The van der Waals surface area contributed by atoms with E-state index < -0.39 is 9.84 Å². The van der Waals surface area contributed by atoms with Crippen LogP contribution in [-0.2, 0) is 21.0 Å². The van der Waals surface area contributed by atoms with E-state index >= 15 is 0 Å². The standard InChI is InChI=1S/C22H23N5O3S/c1-2-15-9-11-17(12-10-15)31(28,29)22-21-24-20(23-14-16-6-5-13-30-16)18-7-3-4-8-19(18)27(21)26-25-22/h3-4,7-12,16H,2,5-6,13-14H2,1H3,(H,23,24)/t16-/m0/s1. The number of fused-ring (bicyclic) bond motifs is 3. The van der Waals surface area contributed by atoms with Crippen molar-refractivity contribution in [3.8, 4) is 0 Å². The topological polar surface area (TPSA) is 98.5 Å². The van der Waals surface area contributed by atoms with Crippen molar-refractivity contribution in [3.63, 3.8) is 0 Å². The summed E-state index contributed by atoms with van der Waals surface area (Å²) in [5, 5.41) is 12.2. The van der Waals surface area contributed by atoms with Gasteiger partial charge in [0.25, 0.3) is 0 Å². The lowest BCUT2D eigenvalue weighted by Crippen LogP contribution is -2.19. The second-order valence-corrected chi connectivity index (χ2v) is 9.49. The predicted molar refractivity (Wildman–Crippen MR) is 117 cm³/mol. The van der Waals surface area contributed by atoms with Crippen molar-refractivity contribution >= 4 is 32.2 Å². The van der Waals surface area contributed by atoms with Gasteiger partial charge in [-0.3, -0.25) is 0 Å². The van der Waals surface area contributed by atoms with Crippen LogP contribution in [0.15, 0.2) is 58.5 Å². The van der Waals surface area contributed by atoms with Crippen LogP contribution < -0.4 is 5.32 Å². The normalized spacial score (nSPS) is 16.9. The summed E-state index contributed by atoms with van der Waals surface area (Å²) in [5.74, 6) is 0.596. The van der Waals surface area contributed by atoms with Crippen molar-refractivity contribution in [1.82, 2.24) is 19.8 Å². The fourth-order valence-electron chi connectivity index (χ4n) is 3.89. The smallest absolute Gasteiger partial charge is 0.229 e. The summed E-state index contributed by atoms with van der Waals surface area (Å²) in [7, 11) is -3.87. The van der Waals surface area contributed by atoms with Crippen molar-refractivity contribution in [2.45, 2.75) is 42.2 Å². The zero-order valence-corrected chi connectivity index (χ0v) is 18.0. The minimum absolute atomic E-state index is 0.125. The highest BCUT2D eigenvalue weighted by atomic mass is 32.2. The molecule has 0 amide bonds. The highest BCUT2D eigenvalue weighted by Gasteiger charge is 2.27. The van der Waals surface area contributed by atoms with Crippen LogP contribution in [0, 0.1) is 0 Å². The maximum Gasteiger partial charge on any atom is 0.229 e. The van der Waals surface area contributed by atoms with Gasteiger partial charge in [-0.15, -0.1) is 5.10 Å².